The third-order valence-corrected chi connectivity index (χ3v) is 40.0. The van der Waals surface area contributed by atoms with Crippen molar-refractivity contribution >= 4 is 52.3 Å². The van der Waals surface area contributed by atoms with E-state index in [9.17, 15) is 17.0 Å². The number of halogens is 2. The van der Waals surface area contributed by atoms with E-state index in [0.717, 1.165) is 51.4 Å². The number of hydrogen-bond acceptors (Lipinski definition) is 0. The van der Waals surface area contributed by atoms with Crippen molar-refractivity contribution in [3.63, 3.8) is 0 Å². The summed E-state index contributed by atoms with van der Waals surface area (Å²) in [6.45, 7) is 37.8. The Morgan fingerprint density at radius 2 is 0.838 bits per heavy atom. The summed E-state index contributed by atoms with van der Waals surface area (Å²) in [5, 5.41) is 3.00. The van der Waals surface area contributed by atoms with Crippen molar-refractivity contribution in [1.82, 2.24) is 0 Å². The molecule has 0 aromatic heterocycles. The Morgan fingerprint density at radius 1 is 0.446 bits per heavy atom. The summed E-state index contributed by atoms with van der Waals surface area (Å²) in [6.07, 6.45) is 13.4. The molecule has 2 atom stereocenters. The SMILES string of the molecule is CCCC1=Cc2c(ccc(CCC)c2-c2cc(C(C)(C)C)cc(C(C)(C)C)c2)[CH]1[Zr]([Cl])([Cl])([c]1cccc2c1[SiH2]c1ccccc1-2)[CH]1C(CCC)=Cc2c1ccc(CCC)c2-c1cc(C(C)(C)C)cc(C(C)(C)C)c1. The van der Waals surface area contributed by atoms with E-state index in [1.165, 1.54) is 114 Å². The molecule has 0 saturated carbocycles. The van der Waals surface area contributed by atoms with Gasteiger partial charge < -0.3 is 0 Å². The van der Waals surface area contributed by atoms with Crippen molar-refractivity contribution < 1.29 is 16.4 Å². The van der Waals surface area contributed by atoms with Crippen LogP contribution in [-0.2, 0) is 50.9 Å². The second-order valence-corrected chi connectivity index (χ2v) is 49.4. The van der Waals surface area contributed by atoms with Crippen LogP contribution in [0.4, 0.5) is 0 Å². The van der Waals surface area contributed by atoms with Crippen LogP contribution >= 0.6 is 17.0 Å². The quantitative estimate of drug-likeness (QED) is 0.101. The Morgan fingerprint density at radius 3 is 1.23 bits per heavy atom. The van der Waals surface area contributed by atoms with Gasteiger partial charge in [-0.25, -0.2) is 0 Å². The van der Waals surface area contributed by atoms with Crippen LogP contribution in [0.3, 0.4) is 0 Å². The van der Waals surface area contributed by atoms with E-state index < -0.39 is 25.9 Å². The molecule has 0 radical (unpaired) electrons. The molecule has 0 N–H and O–H groups in total. The Balaban J connectivity index is 1.41. The van der Waals surface area contributed by atoms with Crippen LogP contribution < -0.4 is 13.6 Å². The summed E-state index contributed by atoms with van der Waals surface area (Å²) in [6, 6.07) is 41.4. The first kappa shape index (κ1) is 55.2. The monoisotopic (exact) mass is 1120 g/mol. The Labute approximate surface area is 459 Å². The van der Waals surface area contributed by atoms with Crippen LogP contribution in [0.25, 0.3) is 45.5 Å². The fourth-order valence-electron chi connectivity index (χ4n) is 13.4. The molecule has 2 unspecified atom stereocenters. The molecule has 6 aromatic carbocycles. The minimum absolute atomic E-state index is 0.0161. The second-order valence-electron chi connectivity index (χ2n) is 26.9. The number of benzene rings is 6. The molecule has 4 heteroatoms. The van der Waals surface area contributed by atoms with Gasteiger partial charge in [0.15, 0.2) is 0 Å². The van der Waals surface area contributed by atoms with Crippen molar-refractivity contribution in [2.45, 2.75) is 191 Å². The summed E-state index contributed by atoms with van der Waals surface area (Å²) < 4.78 is 1.09. The van der Waals surface area contributed by atoms with Gasteiger partial charge in [-0.2, -0.15) is 0 Å². The van der Waals surface area contributed by atoms with E-state index in [-0.39, 0.29) is 28.9 Å². The Bertz CT molecular complexity index is 2990. The first-order chi connectivity index (χ1) is 34.7. The second kappa shape index (κ2) is 20.0. The van der Waals surface area contributed by atoms with Gasteiger partial charge in [0.05, 0.1) is 0 Å². The molecule has 9 rings (SSSR count). The molecular weight excluding hydrogens is 1030 g/mol. The van der Waals surface area contributed by atoms with Crippen LogP contribution in [0, 0.1) is 0 Å². The molecule has 74 heavy (non-hydrogen) atoms. The molecule has 1 aliphatic heterocycles. The van der Waals surface area contributed by atoms with E-state index in [1.807, 2.05) is 0 Å². The Kier molecular flexibility index (Phi) is 15.0. The predicted molar refractivity (Wildman–Crippen MR) is 329 cm³/mol. The van der Waals surface area contributed by atoms with Crippen molar-refractivity contribution in [3.05, 3.63) is 170 Å². The first-order valence-corrected chi connectivity index (χ1v) is 40.4. The molecule has 389 valence electrons. The third kappa shape index (κ3) is 9.68. The first-order valence-electron chi connectivity index (χ1n) is 28.6. The van der Waals surface area contributed by atoms with Gasteiger partial charge in [-0.1, -0.05) is 0 Å². The van der Waals surface area contributed by atoms with Gasteiger partial charge >= 0.3 is 463 Å². The van der Waals surface area contributed by atoms with Crippen LogP contribution in [0.1, 0.15) is 212 Å². The molecule has 0 amide bonds. The predicted octanol–water partition coefficient (Wildman–Crippen LogP) is 18.7. The van der Waals surface area contributed by atoms with E-state index in [1.54, 1.807) is 0 Å². The molecule has 0 fully saturated rings. The van der Waals surface area contributed by atoms with Gasteiger partial charge in [0.2, 0.25) is 0 Å². The van der Waals surface area contributed by atoms with E-state index in [0.29, 0.717) is 0 Å². The topological polar surface area (TPSA) is 0 Å². The zero-order chi connectivity index (χ0) is 53.5. The van der Waals surface area contributed by atoms with Crippen molar-refractivity contribution in [1.29, 1.82) is 0 Å². The molecule has 1 heterocycles. The van der Waals surface area contributed by atoms with Crippen molar-refractivity contribution in [2.24, 2.45) is 0 Å². The normalized spacial score (nSPS) is 17.4. The summed E-state index contributed by atoms with van der Waals surface area (Å²) >= 11 is -5.83. The number of rotatable bonds is 13. The van der Waals surface area contributed by atoms with Gasteiger partial charge in [0.1, 0.15) is 0 Å². The summed E-state index contributed by atoms with van der Waals surface area (Å²) in [5.41, 5.74) is 24.8. The minimum atomic E-state index is -5.83. The fraction of sp³-hybridized carbons (Fsp3) is 0.429. The molecule has 0 spiro atoms. The van der Waals surface area contributed by atoms with Crippen molar-refractivity contribution in [2.75, 3.05) is 0 Å². The molecule has 0 bridgehead atoms. The number of hydrogen-bond donors (Lipinski definition) is 0. The number of aryl methyl sites for hydroxylation is 2. The standard InChI is InChI=1S/2C29H39.C12H9Si.2ClH.Zr/c2*1-9-11-20-15-22-14-13-21(12-10-2)27(26(22)16-20)23-17-24(28(3,4)5)19-25(18-23)29(6,7)8;1-3-7-11-9(5-1)10-6-2-4-8-12(10)13-11;;;/h2*13-19H,9-12H2,1-8H3;1-7H,13H2;2*1H;/q;;;;;+2/p-2. The molecule has 3 aliphatic rings. The summed E-state index contributed by atoms with van der Waals surface area (Å²) in [7, 11) is 18.5. The van der Waals surface area contributed by atoms with E-state index in [2.05, 4.69) is 226 Å². The summed E-state index contributed by atoms with van der Waals surface area (Å²) in [4.78, 5) is 0. The van der Waals surface area contributed by atoms with E-state index >= 15 is 0 Å². The van der Waals surface area contributed by atoms with E-state index in [4.69, 9.17) is 0 Å². The average Bonchev–Trinajstić information content (AvgIpc) is 4.02. The zero-order valence-electron chi connectivity index (χ0n) is 48.2. The maximum atomic E-state index is 9.73. The Hall–Kier alpha value is -3.52. The number of allylic oxidation sites excluding steroid dienone is 2. The van der Waals surface area contributed by atoms with Crippen LogP contribution in [0.15, 0.2) is 114 Å². The molecule has 2 aliphatic carbocycles. The van der Waals surface area contributed by atoms with Gasteiger partial charge in [-0.15, -0.1) is 0 Å². The maximum absolute atomic E-state index is 9.73. The summed E-state index contributed by atoms with van der Waals surface area (Å²) in [5.74, 6) is 0. The van der Waals surface area contributed by atoms with Crippen molar-refractivity contribution in [3.8, 4) is 33.4 Å². The van der Waals surface area contributed by atoms with Gasteiger partial charge in [-0.05, 0) is 0 Å². The van der Waals surface area contributed by atoms with Crippen LogP contribution in [0.5, 0.6) is 0 Å². The molecule has 0 saturated heterocycles. The fourth-order valence-corrected chi connectivity index (χ4v) is 41.4. The van der Waals surface area contributed by atoms with Gasteiger partial charge in [-0.3, -0.25) is 0 Å². The zero-order valence-corrected chi connectivity index (χ0v) is 53.6. The molecular formula is C70H87Cl2SiZr. The van der Waals surface area contributed by atoms with Gasteiger partial charge in [0.25, 0.3) is 0 Å². The van der Waals surface area contributed by atoms with Gasteiger partial charge in [0, 0.05) is 0 Å². The van der Waals surface area contributed by atoms with Crippen LogP contribution in [-0.4, -0.2) is 9.52 Å². The molecule has 6 aromatic rings. The van der Waals surface area contributed by atoms with Crippen LogP contribution in [0.2, 0.25) is 0 Å². The molecule has 0 nitrogen and oxygen atoms in total. The third-order valence-electron chi connectivity index (χ3n) is 17.2. The number of fused-ring (bicyclic) bond motifs is 5. The average molecular weight is 1120 g/mol.